The number of pyridine rings is 1. The second-order valence-corrected chi connectivity index (χ2v) is 18.7. The molecule has 19 nitrogen and oxygen atoms in total. The van der Waals surface area contributed by atoms with Crippen LogP contribution in [-0.4, -0.2) is 116 Å². The molecule has 0 aliphatic carbocycles. The highest BCUT2D eigenvalue weighted by Crippen LogP contribution is 2.16. The molecule has 0 saturated heterocycles. The molecule has 19 heteroatoms. The fourth-order valence-electron chi connectivity index (χ4n) is 6.62. The minimum atomic E-state index is -0.943. The van der Waals surface area contributed by atoms with Crippen LogP contribution in [0.5, 0.6) is 11.8 Å². The first-order chi connectivity index (χ1) is 30.9. The highest BCUT2D eigenvalue weighted by atomic mass is 16.5. The van der Waals surface area contributed by atoms with E-state index < -0.39 is 71.8 Å². The number of esters is 2. The van der Waals surface area contributed by atoms with Crippen molar-refractivity contribution in [3.63, 3.8) is 0 Å². The molecule has 4 unspecified atom stereocenters. The van der Waals surface area contributed by atoms with Gasteiger partial charge in [-0.3, -0.25) is 28.8 Å². The van der Waals surface area contributed by atoms with Crippen molar-refractivity contribution in [2.75, 3.05) is 27.4 Å². The second-order valence-electron chi connectivity index (χ2n) is 18.7. The summed E-state index contributed by atoms with van der Waals surface area (Å²) < 4.78 is 21.2. The van der Waals surface area contributed by atoms with Crippen molar-refractivity contribution in [3.05, 3.63) is 18.2 Å². The quantitative estimate of drug-likeness (QED) is 0.0479. The molecule has 0 spiro atoms. The van der Waals surface area contributed by atoms with E-state index in [4.69, 9.17) is 18.9 Å². The highest BCUT2D eigenvalue weighted by Gasteiger charge is 2.34. The van der Waals surface area contributed by atoms with Gasteiger partial charge in [0.25, 0.3) is 0 Å². The summed E-state index contributed by atoms with van der Waals surface area (Å²) in [5, 5.41) is 16.5. The number of aromatic nitrogens is 1. The van der Waals surface area contributed by atoms with Crippen molar-refractivity contribution in [3.8, 4) is 11.8 Å². The van der Waals surface area contributed by atoms with Gasteiger partial charge in [-0.15, -0.1) is 0 Å². The van der Waals surface area contributed by atoms with Gasteiger partial charge >= 0.3 is 11.9 Å². The number of nitrogens with zero attached hydrogens (tertiary/aromatic N) is 1. The summed E-state index contributed by atoms with van der Waals surface area (Å²) in [5.74, 6) is -4.53. The van der Waals surface area contributed by atoms with E-state index in [0.29, 0.717) is 25.7 Å². The van der Waals surface area contributed by atoms with Gasteiger partial charge in [-0.25, -0.2) is 9.59 Å². The lowest BCUT2D eigenvalue weighted by Gasteiger charge is -2.28. The third-order valence-electron chi connectivity index (χ3n) is 10.3. The van der Waals surface area contributed by atoms with E-state index in [1.165, 1.54) is 14.2 Å². The van der Waals surface area contributed by atoms with Gasteiger partial charge in [-0.1, -0.05) is 89.2 Å². The number of carbonyl (C=O) groups excluding carboxylic acids is 8. The number of nitrogens with one attached hydrogen (secondary N) is 6. The summed E-state index contributed by atoms with van der Waals surface area (Å²) in [5.41, 5.74) is 0. The van der Waals surface area contributed by atoms with Crippen LogP contribution in [0, 0.1) is 35.5 Å². The fraction of sp³-hybridized carbons (Fsp3) is 0.723. The first-order valence-electron chi connectivity index (χ1n) is 23.1. The average Bonchev–Trinajstić information content (AvgIpc) is 3.23. The number of hydrogen-bond donors (Lipinski definition) is 6. The first kappa shape index (κ1) is 58.5. The Morgan fingerprint density at radius 1 is 0.470 bits per heavy atom. The standard InChI is InChI=1S/C47H79N7O12/c1-26(2)24-32(42(57)53-40(30(9)10)46(61)63-13)48-44(59)38(28(5)6)50-34(55)18-16-22-65-36-20-15-21-37(52-36)66-23-17-19-35(56)51-39(29(7)8)45(60)49-33(25-27(3)4)43(58)54-41(31(11)12)47(62)64-14/h15,20-21,26-33,38-41H,16-19,22-25H2,1-14H3,(H,48,59)(H,49,60)(H,50,55)(H,51,56)(H,53,57)(H,54,58)/t32?,33?,38?,39?,40-,41-/m0/s1. The lowest BCUT2D eigenvalue weighted by molar-refractivity contribution is -0.147. The predicted octanol–water partition coefficient (Wildman–Crippen LogP) is 3.37. The van der Waals surface area contributed by atoms with Crippen LogP contribution in [-0.2, 0) is 47.8 Å². The molecule has 1 aromatic rings. The summed E-state index contributed by atoms with van der Waals surface area (Å²) >= 11 is 0. The number of hydrogen-bond acceptors (Lipinski definition) is 13. The third-order valence-corrected chi connectivity index (χ3v) is 10.3. The van der Waals surface area contributed by atoms with Gasteiger partial charge in [0.15, 0.2) is 0 Å². The number of ether oxygens (including phenoxy) is 4. The average molecular weight is 934 g/mol. The van der Waals surface area contributed by atoms with Crippen LogP contribution >= 0.6 is 0 Å². The molecule has 0 aliphatic heterocycles. The maximum absolute atomic E-state index is 13.4. The van der Waals surface area contributed by atoms with Crippen LogP contribution in [0.25, 0.3) is 0 Å². The van der Waals surface area contributed by atoms with Crippen molar-refractivity contribution in [2.24, 2.45) is 35.5 Å². The molecule has 6 amide bonds. The van der Waals surface area contributed by atoms with Gasteiger partial charge in [0, 0.05) is 25.0 Å². The molecule has 1 heterocycles. The minimum absolute atomic E-state index is 0.0371. The minimum Gasteiger partial charge on any atom is -0.478 e. The first-order valence-corrected chi connectivity index (χ1v) is 23.1. The summed E-state index contributed by atoms with van der Waals surface area (Å²) in [6.07, 6.45) is 1.31. The number of rotatable bonds is 30. The summed E-state index contributed by atoms with van der Waals surface area (Å²) in [6.45, 7) is 22.1. The van der Waals surface area contributed by atoms with Crippen molar-refractivity contribution in [2.45, 2.75) is 158 Å². The normalized spacial score (nSPS) is 14.1. The van der Waals surface area contributed by atoms with Crippen LogP contribution in [0.1, 0.15) is 122 Å². The van der Waals surface area contributed by atoms with Crippen LogP contribution < -0.4 is 41.4 Å². The van der Waals surface area contributed by atoms with Crippen LogP contribution in [0.2, 0.25) is 0 Å². The van der Waals surface area contributed by atoms with Crippen molar-refractivity contribution < 1.29 is 57.3 Å². The van der Waals surface area contributed by atoms with Crippen LogP contribution in [0.15, 0.2) is 18.2 Å². The molecule has 1 aromatic heterocycles. The van der Waals surface area contributed by atoms with Gasteiger partial charge < -0.3 is 50.8 Å². The van der Waals surface area contributed by atoms with E-state index >= 15 is 0 Å². The Bertz CT molecular complexity index is 1620. The SMILES string of the molecule is COC(=O)[C@@H](NC(=O)C(CC(C)C)NC(=O)C(NC(=O)CCCOc1cccc(OCCCC(=O)NC(C(=O)NC(CC(C)C)C(=O)N[C@H](C(=O)OC)C(C)C)C(C)C)n1)C(C)C)C(C)C. The zero-order chi connectivity index (χ0) is 50.3. The Hall–Kier alpha value is -5.49. The van der Waals surface area contributed by atoms with Gasteiger partial charge in [-0.2, -0.15) is 4.98 Å². The molecule has 6 N–H and O–H groups in total. The van der Waals surface area contributed by atoms with E-state index in [1.54, 1.807) is 73.6 Å². The van der Waals surface area contributed by atoms with Crippen molar-refractivity contribution in [1.29, 1.82) is 0 Å². The van der Waals surface area contributed by atoms with E-state index in [0.717, 1.165) is 0 Å². The molecule has 0 saturated carbocycles. The largest absolute Gasteiger partial charge is 0.478 e. The van der Waals surface area contributed by atoms with Crippen molar-refractivity contribution in [1.82, 2.24) is 36.9 Å². The van der Waals surface area contributed by atoms with Crippen LogP contribution in [0.3, 0.4) is 0 Å². The van der Waals surface area contributed by atoms with Crippen LogP contribution in [0.4, 0.5) is 0 Å². The molecular formula is C47H79N7O12. The monoisotopic (exact) mass is 934 g/mol. The molecule has 66 heavy (non-hydrogen) atoms. The summed E-state index contributed by atoms with van der Waals surface area (Å²) in [7, 11) is 2.48. The lowest BCUT2D eigenvalue weighted by atomic mass is 9.98. The van der Waals surface area contributed by atoms with Gasteiger partial charge in [-0.05, 0) is 61.2 Å². The Morgan fingerprint density at radius 3 is 1.09 bits per heavy atom. The maximum atomic E-state index is 13.4. The highest BCUT2D eigenvalue weighted by molar-refractivity contribution is 5.95. The van der Waals surface area contributed by atoms with E-state index in [-0.39, 0.29) is 85.1 Å². The lowest BCUT2D eigenvalue weighted by Crippen LogP contribution is -2.57. The molecule has 0 fully saturated rings. The zero-order valence-corrected chi connectivity index (χ0v) is 41.7. The van der Waals surface area contributed by atoms with Gasteiger partial charge in [0.1, 0.15) is 36.3 Å². The summed E-state index contributed by atoms with van der Waals surface area (Å²) in [4.78, 5) is 108. The van der Waals surface area contributed by atoms with Crippen molar-refractivity contribution >= 4 is 47.4 Å². The molecule has 0 radical (unpaired) electrons. The molecule has 6 atom stereocenters. The van der Waals surface area contributed by atoms with Gasteiger partial charge in [0.2, 0.25) is 47.2 Å². The predicted molar refractivity (Wildman–Crippen MR) is 248 cm³/mol. The topological polar surface area (TPSA) is 259 Å². The maximum Gasteiger partial charge on any atom is 0.328 e. The molecule has 374 valence electrons. The van der Waals surface area contributed by atoms with E-state index in [9.17, 15) is 38.4 Å². The van der Waals surface area contributed by atoms with E-state index in [2.05, 4.69) is 36.9 Å². The zero-order valence-electron chi connectivity index (χ0n) is 41.7. The number of carbonyl (C=O) groups is 8. The Labute approximate surface area is 391 Å². The molecular weight excluding hydrogens is 855 g/mol. The Kier molecular flexibility index (Phi) is 26.5. The second kappa shape index (κ2) is 29.9. The molecule has 0 aliphatic rings. The Morgan fingerprint density at radius 2 is 0.803 bits per heavy atom. The Balaban J connectivity index is 2.71. The van der Waals surface area contributed by atoms with Gasteiger partial charge in [0.05, 0.1) is 27.4 Å². The molecule has 0 bridgehead atoms. The summed E-state index contributed by atoms with van der Waals surface area (Å²) in [6, 6.07) is -0.563. The number of amides is 6. The van der Waals surface area contributed by atoms with E-state index in [1.807, 2.05) is 27.7 Å². The number of methoxy groups -OCH3 is 2. The smallest absolute Gasteiger partial charge is 0.328 e. The fourth-order valence-corrected chi connectivity index (χ4v) is 6.62. The third kappa shape index (κ3) is 21.7. The molecule has 1 rings (SSSR count). The molecule has 0 aromatic carbocycles.